The summed E-state index contributed by atoms with van der Waals surface area (Å²) >= 11 is 0. The second-order valence-corrected chi connectivity index (χ2v) is 12.9. The van der Waals surface area contributed by atoms with Gasteiger partial charge in [-0.15, -0.1) is 0 Å². The molecule has 0 heterocycles. The number of ether oxygens (including phenoxy) is 1. The Hall–Kier alpha value is -3.29. The van der Waals surface area contributed by atoms with Crippen LogP contribution in [0.2, 0.25) is 0 Å². The third-order valence-corrected chi connectivity index (χ3v) is 9.74. The molecule has 0 bridgehead atoms. The van der Waals surface area contributed by atoms with E-state index in [1.807, 2.05) is 75.4 Å². The topological polar surface area (TPSA) is 84.7 Å². The number of hydrogen-bond acceptors (Lipinski definition) is 4. The molecule has 0 aliphatic carbocycles. The van der Waals surface area contributed by atoms with Crippen molar-refractivity contribution in [1.29, 1.82) is 0 Å². The zero-order valence-electron chi connectivity index (χ0n) is 21.5. The van der Waals surface area contributed by atoms with Gasteiger partial charge in [0.2, 0.25) is 5.91 Å². The number of rotatable bonds is 9. The van der Waals surface area contributed by atoms with Gasteiger partial charge in [0.05, 0.1) is 6.04 Å². The van der Waals surface area contributed by atoms with E-state index in [9.17, 15) is 9.59 Å². The van der Waals surface area contributed by atoms with E-state index in [1.165, 1.54) is 4.90 Å². The first-order valence-corrected chi connectivity index (χ1v) is 13.9. The minimum atomic E-state index is -1.82. The van der Waals surface area contributed by atoms with Crippen LogP contribution < -0.4 is 11.1 Å². The van der Waals surface area contributed by atoms with Crippen LogP contribution in [-0.4, -0.2) is 54.4 Å². The molecule has 1 atom stereocenters. The minimum Gasteiger partial charge on any atom is -0.444 e. The van der Waals surface area contributed by atoms with Crippen LogP contribution in [0.5, 0.6) is 0 Å². The average molecular weight is 508 g/mol. The molecule has 36 heavy (non-hydrogen) atoms. The molecule has 3 N–H and O–H groups in total. The molecule has 6 nitrogen and oxygen atoms in total. The Morgan fingerprint density at radius 2 is 1.28 bits per heavy atom. The molecule has 0 fully saturated rings. The van der Waals surface area contributed by atoms with E-state index in [1.54, 1.807) is 7.05 Å². The molecular formula is C29H37N3O3S. The van der Waals surface area contributed by atoms with Crippen LogP contribution in [0.4, 0.5) is 4.79 Å². The quantitative estimate of drug-likeness (QED) is 0.413. The number of nitrogens with two attached hydrogens (primary N) is 1. The molecule has 3 rings (SSSR count). The summed E-state index contributed by atoms with van der Waals surface area (Å²) in [5.41, 5.74) is 6.00. The zero-order chi connectivity index (χ0) is 26.2. The summed E-state index contributed by atoms with van der Waals surface area (Å²) in [4.78, 5) is 30.2. The van der Waals surface area contributed by atoms with E-state index < -0.39 is 27.8 Å². The van der Waals surface area contributed by atoms with Crippen molar-refractivity contribution in [2.75, 3.05) is 25.9 Å². The lowest BCUT2D eigenvalue weighted by molar-refractivity contribution is -0.121. The van der Waals surface area contributed by atoms with Crippen molar-refractivity contribution in [3.05, 3.63) is 91.0 Å². The Labute approximate surface area is 216 Å². The van der Waals surface area contributed by atoms with E-state index in [0.717, 1.165) is 14.7 Å². The van der Waals surface area contributed by atoms with Gasteiger partial charge in [0.25, 0.3) is 0 Å². The van der Waals surface area contributed by atoms with Crippen molar-refractivity contribution < 1.29 is 14.3 Å². The van der Waals surface area contributed by atoms with Gasteiger partial charge in [0.15, 0.2) is 0 Å². The van der Waals surface area contributed by atoms with Gasteiger partial charge in [-0.25, -0.2) is 4.79 Å². The molecule has 0 aromatic heterocycles. The summed E-state index contributed by atoms with van der Waals surface area (Å²) in [7, 11) is -0.174. The van der Waals surface area contributed by atoms with E-state index in [-0.39, 0.29) is 12.5 Å². The van der Waals surface area contributed by atoms with Gasteiger partial charge in [-0.3, -0.25) is 4.79 Å². The third kappa shape index (κ3) is 6.89. The first-order chi connectivity index (χ1) is 17.1. The standard InChI is InChI=1S/C29H37N3O3S/c1-29(2,3)35-28(34)32(4)21-20-31-27(33)26(30)22-36(23-14-8-5-9-15-23,24-16-10-6-11-17-24)25-18-12-7-13-19-25/h5-19,26H,20-22,30H2,1-4H3,(H,31,33)/t26-/m0/s1. The van der Waals surface area contributed by atoms with Crippen LogP contribution in [0.3, 0.4) is 0 Å². The molecule has 0 spiro atoms. The predicted octanol–water partition coefficient (Wildman–Crippen LogP) is 5.28. The molecule has 2 amide bonds. The first-order valence-electron chi connectivity index (χ1n) is 12.1. The summed E-state index contributed by atoms with van der Waals surface area (Å²) in [5, 5.41) is 2.91. The fourth-order valence-electron chi connectivity index (χ4n) is 3.91. The van der Waals surface area contributed by atoms with Crippen molar-refractivity contribution >= 4 is 22.0 Å². The molecule has 3 aromatic rings. The highest BCUT2D eigenvalue weighted by Gasteiger charge is 2.34. The highest BCUT2D eigenvalue weighted by Crippen LogP contribution is 2.68. The SMILES string of the molecule is CN(CCNC(=O)[C@@H](N)CS(c1ccccc1)(c1ccccc1)c1ccccc1)C(=O)OC(C)(C)C. The molecule has 192 valence electrons. The Morgan fingerprint density at radius 3 is 1.67 bits per heavy atom. The van der Waals surface area contributed by atoms with Crippen molar-refractivity contribution in [3.8, 4) is 0 Å². The molecule has 0 saturated heterocycles. The molecule has 0 aliphatic heterocycles. The Morgan fingerprint density at radius 1 is 0.861 bits per heavy atom. The van der Waals surface area contributed by atoms with Crippen LogP contribution in [-0.2, 0) is 9.53 Å². The van der Waals surface area contributed by atoms with Gasteiger partial charge in [0.1, 0.15) is 5.60 Å². The largest absolute Gasteiger partial charge is 0.444 e. The van der Waals surface area contributed by atoms with E-state index in [2.05, 4.69) is 41.7 Å². The van der Waals surface area contributed by atoms with Gasteiger partial charge in [-0.2, -0.15) is 10.0 Å². The first kappa shape index (κ1) is 27.3. The van der Waals surface area contributed by atoms with Crippen LogP contribution >= 0.6 is 10.0 Å². The van der Waals surface area contributed by atoms with E-state index in [0.29, 0.717) is 12.3 Å². The maximum atomic E-state index is 13.1. The fourth-order valence-corrected chi connectivity index (χ4v) is 7.86. The van der Waals surface area contributed by atoms with Gasteiger partial charge in [0, 0.05) is 25.9 Å². The van der Waals surface area contributed by atoms with Crippen molar-refractivity contribution in [1.82, 2.24) is 10.2 Å². The molecule has 0 aliphatic rings. The molecular weight excluding hydrogens is 470 g/mol. The van der Waals surface area contributed by atoms with Crippen LogP contribution in [0, 0.1) is 0 Å². The van der Waals surface area contributed by atoms with Gasteiger partial charge >= 0.3 is 6.09 Å². The summed E-state index contributed by atoms with van der Waals surface area (Å²) in [6, 6.07) is 30.1. The number of carbonyl (C=O) groups is 2. The van der Waals surface area contributed by atoms with E-state index >= 15 is 0 Å². The second kappa shape index (κ2) is 12.1. The Kier molecular flexibility index (Phi) is 9.18. The number of benzene rings is 3. The lowest BCUT2D eigenvalue weighted by atomic mass is 10.2. The van der Waals surface area contributed by atoms with E-state index in [4.69, 9.17) is 10.5 Å². The monoisotopic (exact) mass is 507 g/mol. The number of likely N-dealkylation sites (N-methyl/N-ethyl adjacent to an activating group) is 1. The molecule has 0 saturated carbocycles. The minimum absolute atomic E-state index is 0.243. The summed E-state index contributed by atoms with van der Waals surface area (Å²) in [5.74, 6) is 0.214. The third-order valence-electron chi connectivity index (χ3n) is 5.65. The lowest BCUT2D eigenvalue weighted by Crippen LogP contribution is -2.46. The van der Waals surface area contributed by atoms with Gasteiger partial charge in [-0.1, -0.05) is 54.6 Å². The predicted molar refractivity (Wildman–Crippen MR) is 146 cm³/mol. The van der Waals surface area contributed by atoms with Crippen molar-refractivity contribution in [3.63, 3.8) is 0 Å². The summed E-state index contributed by atoms with van der Waals surface area (Å²) < 4.78 is 5.37. The van der Waals surface area contributed by atoms with Crippen molar-refractivity contribution in [2.24, 2.45) is 5.73 Å². The van der Waals surface area contributed by atoms with Crippen LogP contribution in [0.25, 0.3) is 0 Å². The second-order valence-electron chi connectivity index (χ2n) is 9.64. The van der Waals surface area contributed by atoms with Gasteiger partial charge < -0.3 is 20.7 Å². The number of amides is 2. The van der Waals surface area contributed by atoms with Gasteiger partial charge in [-0.05, 0) is 71.9 Å². The number of carbonyl (C=O) groups excluding carboxylic acids is 2. The fraction of sp³-hybridized carbons (Fsp3) is 0.310. The van der Waals surface area contributed by atoms with Crippen LogP contribution in [0.15, 0.2) is 106 Å². The lowest BCUT2D eigenvalue weighted by Gasteiger charge is -2.43. The number of nitrogens with zero attached hydrogens (tertiary/aromatic N) is 1. The van der Waals surface area contributed by atoms with Crippen molar-refractivity contribution in [2.45, 2.75) is 47.1 Å². The van der Waals surface area contributed by atoms with Crippen LogP contribution in [0.1, 0.15) is 20.8 Å². The highest BCUT2D eigenvalue weighted by atomic mass is 32.3. The average Bonchev–Trinajstić information content (AvgIpc) is 2.87. The molecule has 7 heteroatoms. The highest BCUT2D eigenvalue weighted by molar-refractivity contribution is 8.33. The maximum Gasteiger partial charge on any atom is 0.410 e. The smallest absolute Gasteiger partial charge is 0.410 e. The number of hydrogen-bond donors (Lipinski definition) is 2. The molecule has 0 unspecified atom stereocenters. The Balaban J connectivity index is 1.82. The normalized spacial score (nSPS) is 12.9. The molecule has 3 aromatic carbocycles. The Bertz CT molecular complexity index is 1020. The number of nitrogens with one attached hydrogen (secondary N) is 1. The molecule has 0 radical (unpaired) electrons. The maximum absolute atomic E-state index is 13.1. The summed E-state index contributed by atoms with van der Waals surface area (Å²) in [6.07, 6.45) is -0.429. The zero-order valence-corrected chi connectivity index (χ0v) is 22.3. The summed E-state index contributed by atoms with van der Waals surface area (Å²) in [6.45, 7) is 6.06.